The fourth-order valence-electron chi connectivity index (χ4n) is 3.08. The van der Waals surface area contributed by atoms with E-state index in [0.29, 0.717) is 26.9 Å². The third kappa shape index (κ3) is 6.00. The molecule has 0 bridgehead atoms. The van der Waals surface area contributed by atoms with E-state index in [0.717, 1.165) is 0 Å². The summed E-state index contributed by atoms with van der Waals surface area (Å²) in [5.74, 6) is 0.552. The molecule has 0 unspecified atom stereocenters. The standard InChI is InChI=1S/C22H22Cl2N4O5/c1-13-9-15(6-8-18(13)28(30)31)32-12-20(29)27(22(2,3)4)11-19-25-21(26-33-19)16-7-5-14(23)10-17(16)24/h5-10H,11-12H2,1-4H3. The van der Waals surface area contributed by atoms with Crippen molar-refractivity contribution in [3.05, 3.63) is 68.0 Å². The van der Waals surface area contributed by atoms with Crippen LogP contribution in [0, 0.1) is 17.0 Å². The van der Waals surface area contributed by atoms with Crippen LogP contribution in [0.1, 0.15) is 32.2 Å². The van der Waals surface area contributed by atoms with E-state index in [2.05, 4.69) is 10.1 Å². The van der Waals surface area contributed by atoms with Crippen LogP contribution in [0.2, 0.25) is 10.0 Å². The van der Waals surface area contributed by atoms with Gasteiger partial charge in [-0.2, -0.15) is 4.98 Å². The third-order valence-corrected chi connectivity index (χ3v) is 5.32. The number of benzene rings is 2. The van der Waals surface area contributed by atoms with Crippen molar-refractivity contribution in [3.63, 3.8) is 0 Å². The average Bonchev–Trinajstić information content (AvgIpc) is 3.17. The van der Waals surface area contributed by atoms with Gasteiger partial charge in [0, 0.05) is 27.8 Å². The van der Waals surface area contributed by atoms with Crippen molar-refractivity contribution in [3.8, 4) is 17.1 Å². The van der Waals surface area contributed by atoms with Gasteiger partial charge in [0.15, 0.2) is 6.61 Å². The second-order valence-corrected chi connectivity index (χ2v) is 9.12. The molecule has 1 amide bonds. The Hall–Kier alpha value is -3.17. The van der Waals surface area contributed by atoms with E-state index < -0.39 is 10.5 Å². The van der Waals surface area contributed by atoms with Crippen molar-refractivity contribution >= 4 is 34.8 Å². The highest BCUT2D eigenvalue weighted by molar-refractivity contribution is 6.36. The Bertz CT molecular complexity index is 1190. The number of carbonyl (C=O) groups excluding carboxylic acids is 1. The Labute approximate surface area is 200 Å². The molecule has 11 heteroatoms. The lowest BCUT2D eigenvalue weighted by atomic mass is 10.1. The monoisotopic (exact) mass is 492 g/mol. The molecule has 3 rings (SSSR count). The zero-order chi connectivity index (χ0) is 24.3. The SMILES string of the molecule is Cc1cc(OCC(=O)N(Cc2nc(-c3ccc(Cl)cc3Cl)no2)C(C)(C)C)ccc1[N+](=O)[O-]. The molecule has 33 heavy (non-hydrogen) atoms. The summed E-state index contributed by atoms with van der Waals surface area (Å²) in [5, 5.41) is 15.8. The topological polar surface area (TPSA) is 112 Å². The van der Waals surface area contributed by atoms with Crippen molar-refractivity contribution in [2.75, 3.05) is 6.61 Å². The molecule has 0 saturated carbocycles. The second kappa shape index (κ2) is 9.76. The van der Waals surface area contributed by atoms with Crippen LogP contribution in [0.4, 0.5) is 5.69 Å². The molecule has 9 nitrogen and oxygen atoms in total. The lowest BCUT2D eigenvalue weighted by molar-refractivity contribution is -0.385. The van der Waals surface area contributed by atoms with Gasteiger partial charge in [0.05, 0.1) is 9.95 Å². The zero-order valence-corrected chi connectivity index (χ0v) is 20.0. The molecule has 0 fully saturated rings. The average molecular weight is 493 g/mol. The fraction of sp³-hybridized carbons (Fsp3) is 0.318. The van der Waals surface area contributed by atoms with E-state index in [9.17, 15) is 14.9 Å². The summed E-state index contributed by atoms with van der Waals surface area (Å²) < 4.78 is 10.9. The van der Waals surface area contributed by atoms with Gasteiger partial charge in [-0.05, 0) is 58.0 Å². The molecule has 0 saturated heterocycles. The summed E-state index contributed by atoms with van der Waals surface area (Å²) in [6.45, 7) is 7.01. The van der Waals surface area contributed by atoms with E-state index in [1.54, 1.807) is 30.0 Å². The van der Waals surface area contributed by atoms with Crippen LogP contribution in [-0.2, 0) is 11.3 Å². The number of nitro groups is 1. The Morgan fingerprint density at radius 1 is 1.21 bits per heavy atom. The van der Waals surface area contributed by atoms with Crippen LogP contribution in [0.25, 0.3) is 11.4 Å². The Morgan fingerprint density at radius 3 is 2.55 bits per heavy atom. The van der Waals surface area contributed by atoms with Gasteiger partial charge in [-0.25, -0.2) is 0 Å². The summed E-state index contributed by atoms with van der Waals surface area (Å²) in [4.78, 5) is 29.4. The molecule has 1 aromatic heterocycles. The van der Waals surface area contributed by atoms with Crippen LogP contribution >= 0.6 is 23.2 Å². The van der Waals surface area contributed by atoms with Gasteiger partial charge in [-0.1, -0.05) is 28.4 Å². The number of amides is 1. The summed E-state index contributed by atoms with van der Waals surface area (Å²) >= 11 is 12.1. The molecular weight excluding hydrogens is 471 g/mol. The largest absolute Gasteiger partial charge is 0.484 e. The molecule has 3 aromatic rings. The minimum Gasteiger partial charge on any atom is -0.484 e. The maximum atomic E-state index is 13.0. The normalized spacial score (nSPS) is 11.3. The first-order chi connectivity index (χ1) is 15.5. The van der Waals surface area contributed by atoms with E-state index in [1.165, 1.54) is 18.2 Å². The predicted octanol–water partition coefficient (Wildman–Crippen LogP) is 5.47. The van der Waals surface area contributed by atoms with Crippen LogP contribution < -0.4 is 4.74 Å². The number of aromatic nitrogens is 2. The predicted molar refractivity (Wildman–Crippen MR) is 123 cm³/mol. The highest BCUT2D eigenvalue weighted by Gasteiger charge is 2.29. The van der Waals surface area contributed by atoms with Gasteiger partial charge in [-0.15, -0.1) is 0 Å². The molecular formula is C22H22Cl2N4O5. The molecule has 0 aliphatic rings. The van der Waals surface area contributed by atoms with Gasteiger partial charge >= 0.3 is 0 Å². The van der Waals surface area contributed by atoms with Crippen LogP contribution in [0.5, 0.6) is 5.75 Å². The molecule has 174 valence electrons. The maximum absolute atomic E-state index is 13.0. The maximum Gasteiger partial charge on any atom is 0.272 e. The number of nitro benzene ring substituents is 1. The van der Waals surface area contributed by atoms with Crippen molar-refractivity contribution in [1.82, 2.24) is 15.0 Å². The van der Waals surface area contributed by atoms with Crippen LogP contribution in [-0.4, -0.2) is 38.0 Å². The first kappa shape index (κ1) is 24.5. The molecule has 0 radical (unpaired) electrons. The molecule has 0 spiro atoms. The minimum absolute atomic E-state index is 0.0158. The van der Waals surface area contributed by atoms with E-state index in [-0.39, 0.29) is 36.5 Å². The number of hydrogen-bond acceptors (Lipinski definition) is 7. The summed E-state index contributed by atoms with van der Waals surface area (Å²) in [6.07, 6.45) is 0. The molecule has 0 aliphatic carbocycles. The van der Waals surface area contributed by atoms with Crippen LogP contribution in [0.3, 0.4) is 0 Å². The zero-order valence-electron chi connectivity index (χ0n) is 18.5. The highest BCUT2D eigenvalue weighted by atomic mass is 35.5. The number of nitrogens with zero attached hydrogens (tertiary/aromatic N) is 4. The second-order valence-electron chi connectivity index (χ2n) is 8.28. The number of halogens is 2. The first-order valence-corrected chi connectivity index (χ1v) is 10.7. The van der Waals surface area contributed by atoms with Crippen molar-refractivity contribution in [2.24, 2.45) is 0 Å². The molecule has 0 aliphatic heterocycles. The molecule has 0 atom stereocenters. The first-order valence-electron chi connectivity index (χ1n) is 9.92. The van der Waals surface area contributed by atoms with Gasteiger partial charge in [-0.3, -0.25) is 14.9 Å². The summed E-state index contributed by atoms with van der Waals surface area (Å²) in [7, 11) is 0. The summed E-state index contributed by atoms with van der Waals surface area (Å²) in [5.41, 5.74) is 0.412. The summed E-state index contributed by atoms with van der Waals surface area (Å²) in [6, 6.07) is 9.26. The minimum atomic E-state index is -0.571. The molecule has 0 N–H and O–H groups in total. The van der Waals surface area contributed by atoms with Crippen LogP contribution in [0.15, 0.2) is 40.9 Å². The van der Waals surface area contributed by atoms with Gasteiger partial charge in [0.2, 0.25) is 11.7 Å². The Balaban J connectivity index is 1.73. The van der Waals surface area contributed by atoms with Crippen molar-refractivity contribution in [1.29, 1.82) is 0 Å². The van der Waals surface area contributed by atoms with E-state index in [1.807, 2.05) is 20.8 Å². The van der Waals surface area contributed by atoms with E-state index >= 15 is 0 Å². The lowest BCUT2D eigenvalue weighted by Gasteiger charge is -2.34. The van der Waals surface area contributed by atoms with Crippen molar-refractivity contribution < 1.29 is 19.0 Å². The van der Waals surface area contributed by atoms with Gasteiger partial charge in [0.25, 0.3) is 11.6 Å². The molecule has 1 heterocycles. The quantitative estimate of drug-likeness (QED) is 0.317. The van der Waals surface area contributed by atoms with Crippen molar-refractivity contribution in [2.45, 2.75) is 39.8 Å². The smallest absolute Gasteiger partial charge is 0.272 e. The highest BCUT2D eigenvalue weighted by Crippen LogP contribution is 2.29. The Morgan fingerprint density at radius 2 is 1.94 bits per heavy atom. The number of ether oxygens (including phenoxy) is 1. The molecule has 2 aromatic carbocycles. The Kier molecular flexibility index (Phi) is 7.24. The fourth-order valence-corrected chi connectivity index (χ4v) is 3.57. The van der Waals surface area contributed by atoms with Gasteiger partial charge in [0.1, 0.15) is 12.3 Å². The number of rotatable bonds is 7. The number of aryl methyl sites for hydroxylation is 1. The number of hydrogen-bond donors (Lipinski definition) is 0. The lowest BCUT2D eigenvalue weighted by Crippen LogP contribution is -2.47. The third-order valence-electron chi connectivity index (χ3n) is 4.77. The number of carbonyl (C=O) groups is 1. The van der Waals surface area contributed by atoms with E-state index in [4.69, 9.17) is 32.5 Å². The van der Waals surface area contributed by atoms with Gasteiger partial charge < -0.3 is 14.2 Å².